The van der Waals surface area contributed by atoms with Gasteiger partial charge in [-0.15, -0.1) is 0 Å². The normalized spacial score (nSPS) is 10.5. The molecule has 138 valence electrons. The van der Waals surface area contributed by atoms with Crippen LogP contribution in [0.15, 0.2) is 48.8 Å². The minimum atomic E-state index is -0.211. The van der Waals surface area contributed by atoms with Crippen molar-refractivity contribution in [3.63, 3.8) is 0 Å². The van der Waals surface area contributed by atoms with Gasteiger partial charge in [0.05, 0.1) is 5.56 Å². The zero-order valence-corrected chi connectivity index (χ0v) is 16.1. The second-order valence-electron chi connectivity index (χ2n) is 6.60. The topological polar surface area (TPSA) is 66.9 Å². The second kappa shape index (κ2) is 7.99. The third-order valence-electron chi connectivity index (χ3n) is 4.61. The number of carbonyl (C=O) groups is 1. The lowest BCUT2D eigenvalue weighted by atomic mass is 10.1. The van der Waals surface area contributed by atoms with E-state index in [4.69, 9.17) is 0 Å². The van der Waals surface area contributed by atoms with Crippen LogP contribution < -0.4 is 10.6 Å². The molecular weight excluding hydrogens is 336 g/mol. The van der Waals surface area contributed by atoms with Gasteiger partial charge in [-0.1, -0.05) is 43.3 Å². The van der Waals surface area contributed by atoms with Gasteiger partial charge >= 0.3 is 0 Å². The summed E-state index contributed by atoms with van der Waals surface area (Å²) in [5, 5.41) is 6.22. The number of aryl methyl sites for hydroxylation is 4. The summed E-state index contributed by atoms with van der Waals surface area (Å²) in [6.07, 6.45) is 3.94. The summed E-state index contributed by atoms with van der Waals surface area (Å²) >= 11 is 0. The van der Waals surface area contributed by atoms with E-state index >= 15 is 0 Å². The van der Waals surface area contributed by atoms with Gasteiger partial charge in [0.15, 0.2) is 0 Å². The Labute approximate surface area is 159 Å². The van der Waals surface area contributed by atoms with E-state index in [1.54, 1.807) is 12.4 Å². The van der Waals surface area contributed by atoms with Gasteiger partial charge < -0.3 is 10.6 Å². The Bertz CT molecular complexity index is 944. The Balaban J connectivity index is 1.77. The van der Waals surface area contributed by atoms with Crippen LogP contribution in [0.25, 0.3) is 0 Å². The van der Waals surface area contributed by atoms with Crippen LogP contribution in [0.1, 0.15) is 39.5 Å². The van der Waals surface area contributed by atoms with Gasteiger partial charge in [-0.05, 0) is 49.4 Å². The fourth-order valence-corrected chi connectivity index (χ4v) is 3.02. The molecule has 0 fully saturated rings. The molecule has 0 aliphatic rings. The van der Waals surface area contributed by atoms with Crippen molar-refractivity contribution in [3.05, 3.63) is 76.6 Å². The summed E-state index contributed by atoms with van der Waals surface area (Å²) < 4.78 is 0. The Morgan fingerprint density at radius 3 is 2.04 bits per heavy atom. The lowest BCUT2D eigenvalue weighted by Gasteiger charge is -2.13. The number of hydrogen-bond acceptors (Lipinski definition) is 4. The highest BCUT2D eigenvalue weighted by Crippen LogP contribution is 2.23. The molecule has 0 saturated carbocycles. The number of anilines is 3. The molecule has 0 aliphatic heterocycles. The Morgan fingerprint density at radius 2 is 1.44 bits per heavy atom. The van der Waals surface area contributed by atoms with Gasteiger partial charge in [0.1, 0.15) is 0 Å². The number of hydrogen-bond donors (Lipinski definition) is 2. The first-order valence-electron chi connectivity index (χ1n) is 9.04. The van der Waals surface area contributed by atoms with E-state index in [0.717, 1.165) is 40.0 Å². The molecule has 0 atom stereocenters. The van der Waals surface area contributed by atoms with Crippen LogP contribution in [-0.2, 0) is 6.42 Å². The second-order valence-corrected chi connectivity index (χ2v) is 6.60. The van der Waals surface area contributed by atoms with Crippen molar-refractivity contribution in [1.82, 2.24) is 9.97 Å². The van der Waals surface area contributed by atoms with Crippen LogP contribution in [0, 0.1) is 20.8 Å². The van der Waals surface area contributed by atoms with Gasteiger partial charge in [0.25, 0.3) is 5.91 Å². The first kappa shape index (κ1) is 18.6. The SMILES string of the molecule is CCc1cccc(C)c1NC(=O)c1cnc(Nc2c(C)cccc2C)nc1. The monoisotopic (exact) mass is 360 g/mol. The highest BCUT2D eigenvalue weighted by molar-refractivity contribution is 6.04. The average Bonchev–Trinajstić information content (AvgIpc) is 2.67. The Hall–Kier alpha value is -3.21. The minimum absolute atomic E-state index is 0.211. The predicted molar refractivity (Wildman–Crippen MR) is 110 cm³/mol. The van der Waals surface area contributed by atoms with E-state index < -0.39 is 0 Å². The summed E-state index contributed by atoms with van der Waals surface area (Å²) in [6.45, 7) is 8.12. The molecule has 3 rings (SSSR count). The van der Waals surface area contributed by atoms with Crippen LogP contribution in [0.3, 0.4) is 0 Å². The van der Waals surface area contributed by atoms with E-state index in [1.165, 1.54) is 0 Å². The molecule has 1 amide bonds. The maximum Gasteiger partial charge on any atom is 0.258 e. The van der Waals surface area contributed by atoms with E-state index in [-0.39, 0.29) is 5.91 Å². The zero-order chi connectivity index (χ0) is 19.4. The molecule has 0 aliphatic carbocycles. The molecule has 5 nitrogen and oxygen atoms in total. The summed E-state index contributed by atoms with van der Waals surface area (Å²) in [4.78, 5) is 21.2. The number of aromatic nitrogens is 2. The van der Waals surface area contributed by atoms with Crippen molar-refractivity contribution in [2.24, 2.45) is 0 Å². The van der Waals surface area contributed by atoms with E-state index in [2.05, 4.69) is 27.5 Å². The first-order chi connectivity index (χ1) is 13.0. The predicted octanol–water partition coefficient (Wildman–Crippen LogP) is 4.96. The molecular formula is C22H24N4O. The third kappa shape index (κ3) is 4.14. The van der Waals surface area contributed by atoms with Crippen molar-refractivity contribution in [2.45, 2.75) is 34.1 Å². The van der Waals surface area contributed by atoms with Crippen molar-refractivity contribution in [1.29, 1.82) is 0 Å². The third-order valence-corrected chi connectivity index (χ3v) is 4.61. The maximum absolute atomic E-state index is 12.6. The van der Waals surface area contributed by atoms with Gasteiger partial charge in [-0.25, -0.2) is 9.97 Å². The number of carbonyl (C=O) groups excluding carboxylic acids is 1. The van der Waals surface area contributed by atoms with Crippen LogP contribution in [0.4, 0.5) is 17.3 Å². The molecule has 2 aromatic carbocycles. The molecule has 3 aromatic rings. The number of nitrogens with zero attached hydrogens (tertiary/aromatic N) is 2. The highest BCUT2D eigenvalue weighted by atomic mass is 16.1. The van der Waals surface area contributed by atoms with Crippen molar-refractivity contribution < 1.29 is 4.79 Å². The van der Waals surface area contributed by atoms with Crippen LogP contribution >= 0.6 is 0 Å². The lowest BCUT2D eigenvalue weighted by molar-refractivity contribution is 0.102. The average molecular weight is 360 g/mol. The zero-order valence-electron chi connectivity index (χ0n) is 16.1. The van der Waals surface area contributed by atoms with E-state index in [9.17, 15) is 4.79 Å². The molecule has 1 aromatic heterocycles. The quantitative estimate of drug-likeness (QED) is 0.675. The minimum Gasteiger partial charge on any atom is -0.324 e. The van der Waals surface area contributed by atoms with Gasteiger partial charge in [0, 0.05) is 23.8 Å². The number of para-hydroxylation sites is 2. The van der Waals surface area contributed by atoms with Crippen molar-refractivity contribution in [2.75, 3.05) is 10.6 Å². The van der Waals surface area contributed by atoms with Gasteiger partial charge in [-0.2, -0.15) is 0 Å². The fraction of sp³-hybridized carbons (Fsp3) is 0.227. The number of nitrogens with one attached hydrogen (secondary N) is 2. The molecule has 0 radical (unpaired) electrons. The van der Waals surface area contributed by atoms with Gasteiger partial charge in [0.2, 0.25) is 5.95 Å². The number of benzene rings is 2. The molecule has 0 saturated heterocycles. The number of amides is 1. The molecule has 0 spiro atoms. The molecule has 0 unspecified atom stereocenters. The summed E-state index contributed by atoms with van der Waals surface area (Å²) in [6, 6.07) is 12.1. The Morgan fingerprint density at radius 1 is 0.889 bits per heavy atom. The largest absolute Gasteiger partial charge is 0.324 e. The first-order valence-corrected chi connectivity index (χ1v) is 9.04. The van der Waals surface area contributed by atoms with Crippen LogP contribution in [-0.4, -0.2) is 15.9 Å². The van der Waals surface area contributed by atoms with Gasteiger partial charge in [-0.3, -0.25) is 4.79 Å². The van der Waals surface area contributed by atoms with Crippen molar-refractivity contribution in [3.8, 4) is 0 Å². The summed E-state index contributed by atoms with van der Waals surface area (Å²) in [5.41, 5.74) is 6.66. The maximum atomic E-state index is 12.6. The molecule has 1 heterocycles. The molecule has 2 N–H and O–H groups in total. The smallest absolute Gasteiger partial charge is 0.258 e. The molecule has 0 bridgehead atoms. The molecule has 5 heteroatoms. The molecule has 27 heavy (non-hydrogen) atoms. The number of rotatable bonds is 5. The summed E-state index contributed by atoms with van der Waals surface area (Å²) in [5.74, 6) is 0.256. The summed E-state index contributed by atoms with van der Waals surface area (Å²) in [7, 11) is 0. The van der Waals surface area contributed by atoms with E-state index in [1.807, 2.05) is 57.2 Å². The van der Waals surface area contributed by atoms with Crippen LogP contribution in [0.5, 0.6) is 0 Å². The Kier molecular flexibility index (Phi) is 5.50. The van der Waals surface area contributed by atoms with Crippen LogP contribution in [0.2, 0.25) is 0 Å². The standard InChI is InChI=1S/C22H24N4O/c1-5-17-11-7-10-16(4)20(17)25-21(27)18-12-23-22(24-13-18)26-19-14(2)8-6-9-15(19)3/h6-13H,5H2,1-4H3,(H,25,27)(H,23,24,26). The van der Waals surface area contributed by atoms with Crippen molar-refractivity contribution >= 4 is 23.2 Å². The fourth-order valence-electron chi connectivity index (χ4n) is 3.02. The highest BCUT2D eigenvalue weighted by Gasteiger charge is 2.12. The van der Waals surface area contributed by atoms with E-state index in [0.29, 0.717) is 11.5 Å². The lowest BCUT2D eigenvalue weighted by Crippen LogP contribution is -2.15.